The summed E-state index contributed by atoms with van der Waals surface area (Å²) in [7, 11) is 0. The predicted molar refractivity (Wildman–Crippen MR) is 81.0 cm³/mol. The van der Waals surface area contributed by atoms with E-state index in [1.54, 1.807) is 23.9 Å². The average molecular weight is 296 g/mol. The van der Waals surface area contributed by atoms with Gasteiger partial charge in [0, 0.05) is 19.1 Å². The molecule has 5 heteroatoms. The molecule has 0 radical (unpaired) electrons. The van der Waals surface area contributed by atoms with E-state index in [1.165, 1.54) is 12.1 Å². The largest absolute Gasteiger partial charge is 0.324 e. The van der Waals surface area contributed by atoms with E-state index in [2.05, 4.69) is 19.2 Å². The third-order valence-electron chi connectivity index (χ3n) is 3.31. The van der Waals surface area contributed by atoms with Gasteiger partial charge in [-0.3, -0.25) is 4.79 Å². The fourth-order valence-electron chi connectivity index (χ4n) is 2.26. The van der Waals surface area contributed by atoms with Crippen LogP contribution in [0.4, 0.5) is 4.39 Å². The van der Waals surface area contributed by atoms with E-state index < -0.39 is 0 Å². The summed E-state index contributed by atoms with van der Waals surface area (Å²) in [5.74, 6) is -0.0842. The highest BCUT2D eigenvalue weighted by Crippen LogP contribution is 2.42. The molecule has 2 rings (SSSR count). The Balaban J connectivity index is 2.09. The van der Waals surface area contributed by atoms with Crippen molar-refractivity contribution in [1.82, 2.24) is 10.2 Å². The average Bonchev–Trinajstić information content (AvgIpc) is 2.67. The van der Waals surface area contributed by atoms with Gasteiger partial charge < -0.3 is 10.2 Å². The maximum atomic E-state index is 13.0. The van der Waals surface area contributed by atoms with Crippen LogP contribution in [0.3, 0.4) is 0 Å². The highest BCUT2D eigenvalue weighted by atomic mass is 32.2. The summed E-state index contributed by atoms with van der Waals surface area (Å²) in [6, 6.07) is 6.84. The lowest BCUT2D eigenvalue weighted by Gasteiger charge is -2.24. The Morgan fingerprint density at radius 2 is 2.00 bits per heavy atom. The van der Waals surface area contributed by atoms with Crippen molar-refractivity contribution >= 4 is 17.7 Å². The van der Waals surface area contributed by atoms with Crippen molar-refractivity contribution in [2.75, 3.05) is 13.1 Å². The van der Waals surface area contributed by atoms with Gasteiger partial charge >= 0.3 is 0 Å². The number of carbonyl (C=O) groups is 1. The number of hydrogen-bond acceptors (Lipinski definition) is 3. The smallest absolute Gasteiger partial charge is 0.236 e. The van der Waals surface area contributed by atoms with Gasteiger partial charge in [-0.05, 0) is 24.6 Å². The molecule has 1 aliphatic rings. The van der Waals surface area contributed by atoms with Gasteiger partial charge in [-0.1, -0.05) is 26.0 Å². The van der Waals surface area contributed by atoms with Crippen LogP contribution < -0.4 is 5.32 Å². The molecule has 1 aromatic rings. The number of carbonyl (C=O) groups excluding carboxylic acids is 1. The fourth-order valence-corrected chi connectivity index (χ4v) is 3.57. The first-order chi connectivity index (χ1) is 9.49. The second kappa shape index (κ2) is 6.59. The first-order valence-electron chi connectivity index (χ1n) is 6.94. The minimum atomic E-state index is -0.246. The summed E-state index contributed by atoms with van der Waals surface area (Å²) >= 11 is 1.63. The summed E-state index contributed by atoms with van der Waals surface area (Å²) in [4.78, 5) is 14.1. The topological polar surface area (TPSA) is 32.3 Å². The van der Waals surface area contributed by atoms with E-state index in [0.29, 0.717) is 12.6 Å². The molecule has 1 N–H and O–H groups in total. The van der Waals surface area contributed by atoms with Crippen molar-refractivity contribution < 1.29 is 9.18 Å². The van der Waals surface area contributed by atoms with Crippen LogP contribution in [0.1, 0.15) is 31.7 Å². The number of halogens is 1. The molecule has 1 aromatic carbocycles. The quantitative estimate of drug-likeness (QED) is 0.907. The maximum absolute atomic E-state index is 13.0. The zero-order valence-corrected chi connectivity index (χ0v) is 12.9. The Kier molecular flexibility index (Phi) is 5.05. The van der Waals surface area contributed by atoms with Crippen molar-refractivity contribution in [3.8, 4) is 0 Å². The highest BCUT2D eigenvalue weighted by molar-refractivity contribution is 8.01. The lowest BCUT2D eigenvalue weighted by atomic mass is 10.2. The van der Waals surface area contributed by atoms with Crippen LogP contribution in [0, 0.1) is 5.82 Å². The SMILES string of the molecule is CC(C)NCCN1C(=O)[C@@H](C)S[C@@H]1c1ccc(F)cc1. The molecule has 1 fully saturated rings. The van der Waals surface area contributed by atoms with Crippen LogP contribution in [0.25, 0.3) is 0 Å². The predicted octanol–water partition coefficient (Wildman–Crippen LogP) is 2.79. The van der Waals surface area contributed by atoms with E-state index in [0.717, 1.165) is 12.1 Å². The van der Waals surface area contributed by atoms with Gasteiger partial charge in [0.25, 0.3) is 0 Å². The Morgan fingerprint density at radius 3 is 2.60 bits per heavy atom. The van der Waals surface area contributed by atoms with Gasteiger partial charge in [0.15, 0.2) is 0 Å². The van der Waals surface area contributed by atoms with Crippen molar-refractivity contribution in [2.24, 2.45) is 0 Å². The number of benzene rings is 1. The minimum absolute atomic E-state index is 0.00735. The molecule has 1 aliphatic heterocycles. The fraction of sp³-hybridized carbons (Fsp3) is 0.533. The van der Waals surface area contributed by atoms with Crippen molar-refractivity contribution in [3.05, 3.63) is 35.6 Å². The molecule has 1 heterocycles. The van der Waals surface area contributed by atoms with Crippen molar-refractivity contribution in [3.63, 3.8) is 0 Å². The van der Waals surface area contributed by atoms with Crippen molar-refractivity contribution in [2.45, 2.75) is 37.4 Å². The number of nitrogens with one attached hydrogen (secondary N) is 1. The van der Waals surface area contributed by atoms with Gasteiger partial charge in [-0.25, -0.2) is 4.39 Å². The third-order valence-corrected chi connectivity index (χ3v) is 4.70. The molecule has 0 aliphatic carbocycles. The zero-order valence-electron chi connectivity index (χ0n) is 12.1. The molecule has 0 bridgehead atoms. The normalized spacial score (nSPS) is 22.9. The number of amides is 1. The monoisotopic (exact) mass is 296 g/mol. The Hall–Kier alpha value is -1.07. The molecule has 110 valence electrons. The summed E-state index contributed by atoms with van der Waals surface area (Å²) in [6.07, 6.45) is 0. The molecule has 0 saturated carbocycles. The van der Waals surface area contributed by atoms with E-state index in [9.17, 15) is 9.18 Å². The molecule has 2 atom stereocenters. The van der Waals surface area contributed by atoms with Gasteiger partial charge in [0.1, 0.15) is 11.2 Å². The van der Waals surface area contributed by atoms with Crippen LogP contribution >= 0.6 is 11.8 Å². The molecule has 0 unspecified atom stereocenters. The molecule has 1 amide bonds. The summed E-state index contributed by atoms with van der Waals surface area (Å²) < 4.78 is 13.0. The summed E-state index contributed by atoms with van der Waals surface area (Å²) in [5, 5.41) is 3.28. The van der Waals surface area contributed by atoms with Crippen molar-refractivity contribution in [1.29, 1.82) is 0 Å². The first-order valence-corrected chi connectivity index (χ1v) is 7.88. The van der Waals surface area contributed by atoms with E-state index in [4.69, 9.17) is 0 Å². The van der Waals surface area contributed by atoms with Gasteiger partial charge in [0.2, 0.25) is 5.91 Å². The summed E-state index contributed by atoms with van der Waals surface area (Å²) in [6.45, 7) is 7.55. The van der Waals surface area contributed by atoms with Crippen LogP contribution in [0.15, 0.2) is 24.3 Å². The highest BCUT2D eigenvalue weighted by Gasteiger charge is 2.37. The standard InChI is InChI=1S/C15H21FN2OS/c1-10(2)17-8-9-18-14(19)11(3)20-15(18)12-4-6-13(16)7-5-12/h4-7,10-11,15,17H,8-9H2,1-3H3/t11-,15-/m1/s1. The zero-order chi connectivity index (χ0) is 14.7. The summed E-state index contributed by atoms with van der Waals surface area (Å²) in [5.41, 5.74) is 0.985. The molecule has 0 spiro atoms. The van der Waals surface area contributed by atoms with E-state index in [-0.39, 0.29) is 22.3 Å². The van der Waals surface area contributed by atoms with Gasteiger partial charge in [0.05, 0.1) is 5.25 Å². The minimum Gasteiger partial charge on any atom is -0.324 e. The number of rotatable bonds is 5. The van der Waals surface area contributed by atoms with Crippen LogP contribution in [-0.4, -0.2) is 35.2 Å². The second-order valence-corrected chi connectivity index (χ2v) is 6.75. The lowest BCUT2D eigenvalue weighted by molar-refractivity contribution is -0.129. The van der Waals surface area contributed by atoms with E-state index in [1.807, 2.05) is 11.8 Å². The molecule has 20 heavy (non-hydrogen) atoms. The molecule has 0 aromatic heterocycles. The Labute approximate surface area is 123 Å². The lowest BCUT2D eigenvalue weighted by Crippen LogP contribution is -2.38. The Bertz CT molecular complexity index is 463. The van der Waals surface area contributed by atoms with Crippen LogP contribution in [0.5, 0.6) is 0 Å². The third kappa shape index (κ3) is 3.52. The van der Waals surface area contributed by atoms with Gasteiger partial charge in [-0.2, -0.15) is 0 Å². The maximum Gasteiger partial charge on any atom is 0.236 e. The number of nitrogens with zero attached hydrogens (tertiary/aromatic N) is 1. The van der Waals surface area contributed by atoms with Gasteiger partial charge in [-0.15, -0.1) is 11.8 Å². The molecule has 3 nitrogen and oxygen atoms in total. The van der Waals surface area contributed by atoms with Crippen LogP contribution in [0.2, 0.25) is 0 Å². The molecular weight excluding hydrogens is 275 g/mol. The molecule has 1 saturated heterocycles. The number of thioether (sulfide) groups is 1. The van der Waals surface area contributed by atoms with E-state index >= 15 is 0 Å². The second-order valence-electron chi connectivity index (χ2n) is 5.32. The molecular formula is C15H21FN2OS. The number of hydrogen-bond donors (Lipinski definition) is 1. The first kappa shape index (κ1) is 15.3. The Morgan fingerprint density at radius 1 is 1.35 bits per heavy atom. The van der Waals surface area contributed by atoms with Crippen LogP contribution in [-0.2, 0) is 4.79 Å².